The Labute approximate surface area is 115 Å². The topological polar surface area (TPSA) is 55.1 Å². The predicted octanol–water partition coefficient (Wildman–Crippen LogP) is 3.06. The van der Waals surface area contributed by atoms with Crippen molar-refractivity contribution >= 4 is 21.4 Å². The molecule has 0 aromatic carbocycles. The fourth-order valence-electron chi connectivity index (χ4n) is 1.72. The number of fused-ring (bicyclic) bond motifs is 1. The maximum absolute atomic E-state index is 4.57. The Bertz CT molecular complexity index is 661. The number of anilines is 1. The van der Waals surface area contributed by atoms with Gasteiger partial charge in [0.05, 0.1) is 11.9 Å². The Morgan fingerprint density at radius 3 is 2.79 bits per heavy atom. The number of pyridine rings is 1. The summed E-state index contributed by atoms with van der Waals surface area (Å²) in [6.07, 6.45) is 5.49. The molecule has 0 bridgehead atoms. The van der Waals surface area contributed by atoms with Gasteiger partial charge in [0, 0.05) is 23.5 Å². The molecule has 19 heavy (non-hydrogen) atoms. The van der Waals surface area contributed by atoms with Crippen LogP contribution in [-0.2, 0) is 0 Å². The first kappa shape index (κ1) is 12.1. The molecule has 0 unspecified atom stereocenters. The molecule has 3 aromatic rings. The van der Waals surface area contributed by atoms with Crippen LogP contribution in [0.1, 0.15) is 20.8 Å². The number of rotatable bonds is 2. The van der Waals surface area contributed by atoms with E-state index >= 15 is 0 Å². The van der Waals surface area contributed by atoms with Crippen LogP contribution < -0.4 is 5.32 Å². The van der Waals surface area contributed by atoms with Crippen molar-refractivity contribution in [2.45, 2.75) is 26.3 Å². The van der Waals surface area contributed by atoms with Gasteiger partial charge < -0.3 is 5.32 Å². The second kappa shape index (κ2) is 4.31. The summed E-state index contributed by atoms with van der Waals surface area (Å²) in [6, 6.07) is 3.90. The number of nitrogens with one attached hydrogen (secondary N) is 1. The average molecular weight is 273 g/mol. The summed E-state index contributed by atoms with van der Waals surface area (Å²) >= 11 is 1.55. The van der Waals surface area contributed by atoms with E-state index in [2.05, 4.69) is 41.2 Å². The van der Waals surface area contributed by atoms with E-state index < -0.39 is 0 Å². The molecule has 0 radical (unpaired) electrons. The molecule has 0 aliphatic carbocycles. The minimum Gasteiger partial charge on any atom is -0.355 e. The van der Waals surface area contributed by atoms with Crippen LogP contribution in [0.4, 0.5) is 5.13 Å². The van der Waals surface area contributed by atoms with Gasteiger partial charge >= 0.3 is 0 Å². The zero-order valence-electron chi connectivity index (χ0n) is 11.1. The monoisotopic (exact) mass is 273 g/mol. The van der Waals surface area contributed by atoms with Crippen LogP contribution in [0.2, 0.25) is 0 Å². The predicted molar refractivity (Wildman–Crippen MR) is 77.5 cm³/mol. The Morgan fingerprint density at radius 1 is 1.32 bits per heavy atom. The Kier molecular flexibility index (Phi) is 2.74. The zero-order chi connectivity index (χ0) is 13.5. The van der Waals surface area contributed by atoms with Crippen molar-refractivity contribution in [2.75, 3.05) is 5.32 Å². The van der Waals surface area contributed by atoms with Crippen molar-refractivity contribution < 1.29 is 0 Å². The lowest BCUT2D eigenvalue weighted by Gasteiger charge is -2.18. The number of hydrogen-bond donors (Lipinski definition) is 1. The number of imidazole rings is 1. The molecular formula is C13H15N5S. The van der Waals surface area contributed by atoms with E-state index in [0.717, 1.165) is 21.3 Å². The van der Waals surface area contributed by atoms with Crippen molar-refractivity contribution in [3.05, 3.63) is 30.7 Å². The zero-order valence-corrected chi connectivity index (χ0v) is 11.9. The number of hydrogen-bond acceptors (Lipinski definition) is 5. The summed E-state index contributed by atoms with van der Waals surface area (Å²) in [5.41, 5.74) is 1.90. The molecule has 0 amide bonds. The third-order valence-corrected chi connectivity index (χ3v) is 3.32. The van der Waals surface area contributed by atoms with Crippen LogP contribution in [0.15, 0.2) is 30.7 Å². The highest BCUT2D eigenvalue weighted by atomic mass is 32.1. The SMILES string of the molecule is CC(C)(C)Nc1nn2cc(-c3cccnc3)nc2s1. The van der Waals surface area contributed by atoms with Crippen molar-refractivity contribution in [1.29, 1.82) is 0 Å². The van der Waals surface area contributed by atoms with E-state index in [9.17, 15) is 0 Å². The molecule has 0 saturated heterocycles. The van der Waals surface area contributed by atoms with Gasteiger partial charge in [-0.2, -0.15) is 0 Å². The fourth-order valence-corrected chi connectivity index (χ4v) is 2.71. The van der Waals surface area contributed by atoms with Crippen LogP contribution in [0.5, 0.6) is 0 Å². The second-order valence-corrected chi connectivity index (χ2v) is 6.33. The minimum absolute atomic E-state index is 0.00203. The van der Waals surface area contributed by atoms with Crippen LogP contribution >= 0.6 is 11.3 Å². The molecule has 0 spiro atoms. The summed E-state index contributed by atoms with van der Waals surface area (Å²) in [6.45, 7) is 6.33. The molecule has 3 heterocycles. The van der Waals surface area contributed by atoms with Crippen LogP contribution in [-0.4, -0.2) is 25.1 Å². The van der Waals surface area contributed by atoms with Gasteiger partial charge in [-0.25, -0.2) is 9.50 Å². The summed E-state index contributed by atoms with van der Waals surface area (Å²) in [7, 11) is 0. The summed E-state index contributed by atoms with van der Waals surface area (Å²) in [5, 5.41) is 8.72. The van der Waals surface area contributed by atoms with E-state index in [0.29, 0.717) is 0 Å². The quantitative estimate of drug-likeness (QED) is 0.779. The lowest BCUT2D eigenvalue weighted by atomic mass is 10.1. The molecule has 0 aliphatic rings. The van der Waals surface area contributed by atoms with Gasteiger partial charge in [-0.3, -0.25) is 4.98 Å². The Balaban J connectivity index is 1.94. The van der Waals surface area contributed by atoms with E-state index in [1.165, 1.54) is 0 Å². The van der Waals surface area contributed by atoms with E-state index in [1.807, 2.05) is 18.3 Å². The fraction of sp³-hybridized carbons (Fsp3) is 0.308. The molecule has 1 N–H and O–H groups in total. The van der Waals surface area contributed by atoms with E-state index in [-0.39, 0.29) is 5.54 Å². The Hall–Kier alpha value is -1.95. The largest absolute Gasteiger partial charge is 0.355 e. The van der Waals surface area contributed by atoms with Crippen molar-refractivity contribution in [1.82, 2.24) is 19.6 Å². The smallest absolute Gasteiger partial charge is 0.214 e. The molecule has 0 fully saturated rings. The van der Waals surface area contributed by atoms with Crippen molar-refractivity contribution in [3.8, 4) is 11.3 Å². The highest BCUT2D eigenvalue weighted by Crippen LogP contribution is 2.25. The molecular weight excluding hydrogens is 258 g/mol. The van der Waals surface area contributed by atoms with Gasteiger partial charge in [-0.05, 0) is 32.9 Å². The first-order valence-electron chi connectivity index (χ1n) is 6.06. The van der Waals surface area contributed by atoms with Gasteiger partial charge in [0.1, 0.15) is 0 Å². The third kappa shape index (κ3) is 2.58. The van der Waals surface area contributed by atoms with Gasteiger partial charge in [0.15, 0.2) is 0 Å². The normalized spacial score (nSPS) is 11.9. The molecule has 0 aliphatic heterocycles. The van der Waals surface area contributed by atoms with E-state index in [1.54, 1.807) is 28.2 Å². The average Bonchev–Trinajstić information content (AvgIpc) is 2.85. The van der Waals surface area contributed by atoms with Gasteiger partial charge in [-0.15, -0.1) is 5.10 Å². The third-order valence-electron chi connectivity index (χ3n) is 2.48. The molecule has 6 heteroatoms. The lowest BCUT2D eigenvalue weighted by molar-refractivity contribution is 0.631. The van der Waals surface area contributed by atoms with E-state index in [4.69, 9.17) is 0 Å². The summed E-state index contributed by atoms with van der Waals surface area (Å²) < 4.78 is 1.81. The standard InChI is InChI=1S/C13H15N5S/c1-13(2,3)16-11-17-18-8-10(15-12(18)19-11)9-5-4-6-14-7-9/h4-8H,1-3H3,(H,16,17). The maximum atomic E-state index is 4.57. The second-order valence-electron chi connectivity index (χ2n) is 5.38. The molecule has 3 rings (SSSR count). The van der Waals surface area contributed by atoms with Gasteiger partial charge in [0.25, 0.3) is 0 Å². The number of aromatic nitrogens is 4. The summed E-state index contributed by atoms with van der Waals surface area (Å²) in [5.74, 6) is 0. The Morgan fingerprint density at radius 2 is 2.16 bits per heavy atom. The molecule has 0 saturated carbocycles. The van der Waals surface area contributed by atoms with Crippen molar-refractivity contribution in [3.63, 3.8) is 0 Å². The number of nitrogens with zero attached hydrogens (tertiary/aromatic N) is 4. The first-order chi connectivity index (χ1) is 9.01. The maximum Gasteiger partial charge on any atom is 0.214 e. The first-order valence-corrected chi connectivity index (χ1v) is 6.88. The van der Waals surface area contributed by atoms with Gasteiger partial charge in [0.2, 0.25) is 10.1 Å². The summed E-state index contributed by atoms with van der Waals surface area (Å²) in [4.78, 5) is 9.56. The van der Waals surface area contributed by atoms with Crippen LogP contribution in [0.3, 0.4) is 0 Å². The van der Waals surface area contributed by atoms with Crippen LogP contribution in [0, 0.1) is 0 Å². The van der Waals surface area contributed by atoms with Crippen molar-refractivity contribution in [2.24, 2.45) is 0 Å². The minimum atomic E-state index is 0.00203. The molecule has 98 valence electrons. The highest BCUT2D eigenvalue weighted by molar-refractivity contribution is 7.20. The lowest BCUT2D eigenvalue weighted by Crippen LogP contribution is -2.25. The molecule has 0 atom stereocenters. The molecule has 3 aromatic heterocycles. The highest BCUT2D eigenvalue weighted by Gasteiger charge is 2.14. The van der Waals surface area contributed by atoms with Gasteiger partial charge in [-0.1, -0.05) is 11.3 Å². The van der Waals surface area contributed by atoms with Crippen LogP contribution in [0.25, 0.3) is 16.2 Å². The molecule has 5 nitrogen and oxygen atoms in total.